The van der Waals surface area contributed by atoms with Crippen molar-refractivity contribution >= 4 is 27.3 Å². The zero-order valence-electron chi connectivity index (χ0n) is 13.9. The van der Waals surface area contributed by atoms with Crippen LogP contribution in [-0.2, 0) is 21.2 Å². The summed E-state index contributed by atoms with van der Waals surface area (Å²) < 4.78 is 36.0. The number of furan rings is 1. The van der Waals surface area contributed by atoms with Gasteiger partial charge in [-0.05, 0) is 30.7 Å². The molecule has 2 aromatic rings. The van der Waals surface area contributed by atoms with Gasteiger partial charge in [0.15, 0.2) is 0 Å². The number of rotatable bonds is 6. The first-order valence-electron chi connectivity index (χ1n) is 8.00. The van der Waals surface area contributed by atoms with Gasteiger partial charge in [-0.1, -0.05) is 0 Å². The molecule has 0 unspecified atom stereocenters. The molecule has 1 aliphatic rings. The van der Waals surface area contributed by atoms with E-state index in [-0.39, 0.29) is 18.1 Å². The molecule has 134 valence electrons. The van der Waals surface area contributed by atoms with Gasteiger partial charge in [0.1, 0.15) is 11.5 Å². The largest absolute Gasteiger partial charge is 0.494 e. The summed E-state index contributed by atoms with van der Waals surface area (Å²) in [6.07, 6.45) is 2.97. The summed E-state index contributed by atoms with van der Waals surface area (Å²) in [5.41, 5.74) is 1.05. The molecule has 7 nitrogen and oxygen atoms in total. The van der Waals surface area contributed by atoms with Gasteiger partial charge in [0.2, 0.25) is 15.9 Å². The standard InChI is InChI=1S/C17H20N2O5S/c1-23-16-12-13(18-17(20)8-6-14-4-2-10-24-14)5-7-15(16)19-9-3-11-25(19,21)22/h2,4-5,7,10,12H,3,6,8-9,11H2,1H3,(H,18,20). The Labute approximate surface area is 146 Å². The van der Waals surface area contributed by atoms with Crippen LogP contribution in [-0.4, -0.2) is 33.7 Å². The van der Waals surface area contributed by atoms with E-state index in [1.54, 1.807) is 30.5 Å². The lowest BCUT2D eigenvalue weighted by Crippen LogP contribution is -2.25. The highest BCUT2D eigenvalue weighted by Crippen LogP contribution is 2.35. The summed E-state index contributed by atoms with van der Waals surface area (Å²) in [5.74, 6) is 1.15. The molecule has 0 spiro atoms. The Morgan fingerprint density at radius 2 is 2.20 bits per heavy atom. The van der Waals surface area contributed by atoms with Crippen LogP contribution in [0.1, 0.15) is 18.6 Å². The van der Waals surface area contributed by atoms with Crippen molar-refractivity contribution in [3.8, 4) is 5.75 Å². The summed E-state index contributed by atoms with van der Waals surface area (Å²) in [4.78, 5) is 12.1. The van der Waals surface area contributed by atoms with E-state index in [0.717, 1.165) is 5.76 Å². The molecular formula is C17H20N2O5S. The number of anilines is 2. The number of hydrogen-bond acceptors (Lipinski definition) is 5. The van der Waals surface area contributed by atoms with Gasteiger partial charge < -0.3 is 14.5 Å². The number of methoxy groups -OCH3 is 1. The predicted molar refractivity (Wildman–Crippen MR) is 94.4 cm³/mol. The van der Waals surface area contributed by atoms with Gasteiger partial charge in [0.25, 0.3) is 0 Å². The van der Waals surface area contributed by atoms with Crippen molar-refractivity contribution in [2.75, 3.05) is 29.0 Å². The lowest BCUT2D eigenvalue weighted by atomic mass is 10.2. The maximum atomic E-state index is 12.1. The van der Waals surface area contributed by atoms with Gasteiger partial charge in [-0.15, -0.1) is 0 Å². The zero-order valence-corrected chi connectivity index (χ0v) is 14.7. The van der Waals surface area contributed by atoms with Gasteiger partial charge in [0, 0.05) is 31.1 Å². The first-order chi connectivity index (χ1) is 12.0. The average Bonchev–Trinajstić information content (AvgIpc) is 3.22. The minimum atomic E-state index is -3.29. The van der Waals surface area contributed by atoms with E-state index in [0.29, 0.717) is 36.5 Å². The molecule has 1 amide bonds. The van der Waals surface area contributed by atoms with Crippen molar-refractivity contribution in [1.29, 1.82) is 0 Å². The minimum absolute atomic E-state index is 0.140. The minimum Gasteiger partial charge on any atom is -0.494 e. The van der Waals surface area contributed by atoms with Crippen molar-refractivity contribution in [2.45, 2.75) is 19.3 Å². The number of aryl methyl sites for hydroxylation is 1. The highest BCUT2D eigenvalue weighted by molar-refractivity contribution is 7.93. The Kier molecular flexibility index (Phi) is 4.98. The topological polar surface area (TPSA) is 88.8 Å². The maximum Gasteiger partial charge on any atom is 0.235 e. The Morgan fingerprint density at radius 1 is 1.36 bits per heavy atom. The molecule has 1 aromatic carbocycles. The van der Waals surface area contributed by atoms with E-state index in [2.05, 4.69) is 5.32 Å². The monoisotopic (exact) mass is 364 g/mol. The van der Waals surface area contributed by atoms with Crippen LogP contribution in [0.3, 0.4) is 0 Å². The number of nitrogens with zero attached hydrogens (tertiary/aromatic N) is 1. The number of hydrogen-bond donors (Lipinski definition) is 1. The lowest BCUT2D eigenvalue weighted by molar-refractivity contribution is -0.116. The fourth-order valence-electron chi connectivity index (χ4n) is 2.79. The number of carbonyl (C=O) groups excluding carboxylic acids is 1. The second kappa shape index (κ2) is 7.18. The van der Waals surface area contributed by atoms with Crippen LogP contribution in [0.15, 0.2) is 41.0 Å². The summed E-state index contributed by atoms with van der Waals surface area (Å²) in [6.45, 7) is 0.438. The molecule has 1 aliphatic heterocycles. The second-order valence-corrected chi connectivity index (χ2v) is 7.77. The first kappa shape index (κ1) is 17.3. The van der Waals surface area contributed by atoms with E-state index in [1.165, 1.54) is 11.4 Å². The number of ether oxygens (including phenoxy) is 1. The van der Waals surface area contributed by atoms with E-state index in [4.69, 9.17) is 9.15 Å². The predicted octanol–water partition coefficient (Wildman–Crippen LogP) is 2.40. The van der Waals surface area contributed by atoms with Crippen molar-refractivity contribution < 1.29 is 22.4 Å². The molecule has 1 saturated heterocycles. The molecule has 0 saturated carbocycles. The molecule has 1 fully saturated rings. The Morgan fingerprint density at radius 3 is 2.84 bits per heavy atom. The molecule has 2 heterocycles. The van der Waals surface area contributed by atoms with Crippen molar-refractivity contribution in [3.05, 3.63) is 42.4 Å². The third kappa shape index (κ3) is 3.96. The third-order valence-corrected chi connectivity index (χ3v) is 5.87. The third-order valence-electron chi connectivity index (χ3n) is 4.01. The van der Waals surface area contributed by atoms with Crippen LogP contribution in [0.5, 0.6) is 5.75 Å². The smallest absolute Gasteiger partial charge is 0.235 e. The summed E-state index contributed by atoms with van der Waals surface area (Å²) in [5, 5.41) is 2.79. The molecule has 25 heavy (non-hydrogen) atoms. The molecule has 0 atom stereocenters. The van der Waals surface area contributed by atoms with Crippen LogP contribution in [0.4, 0.5) is 11.4 Å². The highest BCUT2D eigenvalue weighted by atomic mass is 32.2. The molecule has 0 bridgehead atoms. The number of nitrogens with one attached hydrogen (secondary N) is 1. The number of carbonyl (C=O) groups is 1. The summed E-state index contributed by atoms with van der Waals surface area (Å²) in [6, 6.07) is 8.57. The molecule has 0 radical (unpaired) electrons. The molecule has 0 aliphatic carbocycles. The normalized spacial score (nSPS) is 16.0. The second-order valence-electron chi connectivity index (χ2n) is 5.76. The maximum absolute atomic E-state index is 12.1. The number of sulfonamides is 1. The molecule has 3 rings (SSSR count). The van der Waals surface area contributed by atoms with Gasteiger partial charge in [-0.25, -0.2) is 8.42 Å². The fourth-order valence-corrected chi connectivity index (χ4v) is 4.36. The van der Waals surface area contributed by atoms with Gasteiger partial charge in [-0.3, -0.25) is 9.10 Å². The van der Waals surface area contributed by atoms with Crippen LogP contribution in [0, 0.1) is 0 Å². The first-order valence-corrected chi connectivity index (χ1v) is 9.61. The highest BCUT2D eigenvalue weighted by Gasteiger charge is 2.30. The zero-order chi connectivity index (χ0) is 17.9. The van der Waals surface area contributed by atoms with E-state index < -0.39 is 10.0 Å². The Balaban J connectivity index is 1.70. The number of benzene rings is 1. The Bertz CT molecular complexity index is 846. The van der Waals surface area contributed by atoms with Crippen LogP contribution < -0.4 is 14.4 Å². The van der Waals surface area contributed by atoms with Gasteiger partial charge in [-0.2, -0.15) is 0 Å². The van der Waals surface area contributed by atoms with Crippen molar-refractivity contribution in [2.24, 2.45) is 0 Å². The lowest BCUT2D eigenvalue weighted by Gasteiger charge is -2.20. The summed E-state index contributed by atoms with van der Waals surface area (Å²) in [7, 11) is -1.81. The quantitative estimate of drug-likeness (QED) is 0.850. The fraction of sp³-hybridized carbons (Fsp3) is 0.353. The number of amides is 1. The molecule has 8 heteroatoms. The van der Waals surface area contributed by atoms with Gasteiger partial charge >= 0.3 is 0 Å². The molecule has 1 N–H and O–H groups in total. The molecular weight excluding hydrogens is 344 g/mol. The summed E-state index contributed by atoms with van der Waals surface area (Å²) >= 11 is 0. The van der Waals surface area contributed by atoms with Crippen LogP contribution >= 0.6 is 0 Å². The van der Waals surface area contributed by atoms with E-state index in [1.807, 2.05) is 6.07 Å². The van der Waals surface area contributed by atoms with E-state index in [9.17, 15) is 13.2 Å². The van der Waals surface area contributed by atoms with Crippen molar-refractivity contribution in [3.63, 3.8) is 0 Å². The van der Waals surface area contributed by atoms with Gasteiger partial charge in [0.05, 0.1) is 24.8 Å². The average molecular weight is 364 g/mol. The van der Waals surface area contributed by atoms with Crippen molar-refractivity contribution in [1.82, 2.24) is 0 Å². The Hall–Kier alpha value is -2.48. The van der Waals surface area contributed by atoms with Crippen LogP contribution in [0.25, 0.3) is 0 Å². The SMILES string of the molecule is COc1cc(NC(=O)CCc2ccco2)ccc1N1CCCS1(=O)=O. The van der Waals surface area contributed by atoms with Crippen LogP contribution in [0.2, 0.25) is 0 Å². The van der Waals surface area contributed by atoms with E-state index >= 15 is 0 Å². The molecule has 1 aromatic heterocycles.